The van der Waals surface area contributed by atoms with Gasteiger partial charge in [0.15, 0.2) is 10.8 Å². The third-order valence-corrected chi connectivity index (χ3v) is 6.11. The van der Waals surface area contributed by atoms with Gasteiger partial charge in [-0.25, -0.2) is 8.42 Å². The summed E-state index contributed by atoms with van der Waals surface area (Å²) in [6, 6.07) is 6.16. The molecule has 0 aromatic heterocycles. The molecule has 0 radical (unpaired) electrons. The quantitative estimate of drug-likeness (QED) is 0.498. The Kier molecular flexibility index (Phi) is 4.94. The van der Waals surface area contributed by atoms with E-state index in [0.29, 0.717) is 18.8 Å². The van der Waals surface area contributed by atoms with Crippen molar-refractivity contribution in [1.82, 2.24) is 14.7 Å². The molecule has 0 spiro atoms. The molecule has 2 aliphatic rings. The molecule has 2 heterocycles. The van der Waals surface area contributed by atoms with Gasteiger partial charge in [-0.1, -0.05) is 6.58 Å². The van der Waals surface area contributed by atoms with Crippen molar-refractivity contribution in [3.05, 3.63) is 36.5 Å². The summed E-state index contributed by atoms with van der Waals surface area (Å²) in [6.45, 7) is 4.77. The summed E-state index contributed by atoms with van der Waals surface area (Å²) in [7, 11) is -3.46. The van der Waals surface area contributed by atoms with Crippen molar-refractivity contribution in [2.24, 2.45) is 10.8 Å². The van der Waals surface area contributed by atoms with Crippen LogP contribution in [0.2, 0.25) is 0 Å². The van der Waals surface area contributed by atoms with E-state index in [1.807, 2.05) is 0 Å². The van der Waals surface area contributed by atoms with Crippen LogP contribution >= 0.6 is 12.2 Å². The largest absolute Gasteiger partial charge is 0.374 e. The molecule has 3 rings (SSSR count). The molecule has 2 aliphatic heterocycles. The molecular formula is C15H18N6O3S2. The number of rotatable bonds is 4. The first-order valence-electron chi connectivity index (χ1n) is 7.84. The minimum absolute atomic E-state index is 0.0339. The fourth-order valence-electron chi connectivity index (χ4n) is 2.64. The minimum Gasteiger partial charge on any atom is -0.374 e. The Morgan fingerprint density at radius 3 is 2.42 bits per heavy atom. The van der Waals surface area contributed by atoms with Crippen LogP contribution in [0.4, 0.5) is 5.69 Å². The number of sulfonamides is 1. The zero-order valence-electron chi connectivity index (χ0n) is 13.8. The van der Waals surface area contributed by atoms with Gasteiger partial charge in [0, 0.05) is 13.1 Å². The van der Waals surface area contributed by atoms with E-state index in [4.69, 9.17) is 18.0 Å². The summed E-state index contributed by atoms with van der Waals surface area (Å²) in [5.41, 5.74) is 11.6. The number of thiocarbonyl (C=S) groups is 1. The lowest BCUT2D eigenvalue weighted by Gasteiger charge is -2.15. The summed E-state index contributed by atoms with van der Waals surface area (Å²) in [5.74, 6) is -0.525. The average molecular weight is 394 g/mol. The first-order valence-corrected chi connectivity index (χ1v) is 9.69. The number of nitrogens with two attached hydrogens (primary N) is 1. The topological polar surface area (TPSA) is 120 Å². The van der Waals surface area contributed by atoms with E-state index >= 15 is 0 Å². The number of nitrogens with one attached hydrogen (secondary N) is 2. The number of hydrogen-bond donors (Lipinski definition) is 3. The summed E-state index contributed by atoms with van der Waals surface area (Å²) in [5, 5.41) is 4.82. The van der Waals surface area contributed by atoms with Crippen LogP contribution in [0.1, 0.15) is 12.8 Å². The number of carbonyl (C=O) groups excluding carboxylic acids is 1. The Morgan fingerprint density at radius 1 is 1.27 bits per heavy atom. The molecule has 2 saturated heterocycles. The second kappa shape index (κ2) is 7.02. The third-order valence-electron chi connectivity index (χ3n) is 4.01. The summed E-state index contributed by atoms with van der Waals surface area (Å²) >= 11 is 4.75. The predicted molar refractivity (Wildman–Crippen MR) is 101 cm³/mol. The number of nitrogens with zero attached hydrogens (tertiary/aromatic N) is 3. The van der Waals surface area contributed by atoms with Crippen molar-refractivity contribution in [2.75, 3.05) is 18.5 Å². The number of hydrogen-bond acceptors (Lipinski definition) is 7. The Bertz CT molecular complexity index is 888. The van der Waals surface area contributed by atoms with Crippen LogP contribution < -0.4 is 16.6 Å². The molecular weight excluding hydrogens is 376 g/mol. The highest BCUT2D eigenvalue weighted by atomic mass is 32.2. The molecule has 11 heteroatoms. The van der Waals surface area contributed by atoms with Gasteiger partial charge in [-0.3, -0.25) is 15.6 Å². The lowest BCUT2D eigenvalue weighted by atomic mass is 10.3. The molecule has 2 fully saturated rings. The van der Waals surface area contributed by atoms with Crippen molar-refractivity contribution < 1.29 is 13.2 Å². The first kappa shape index (κ1) is 18.3. The van der Waals surface area contributed by atoms with E-state index in [-0.39, 0.29) is 21.4 Å². The first-order chi connectivity index (χ1) is 12.3. The molecule has 0 aliphatic carbocycles. The van der Waals surface area contributed by atoms with E-state index < -0.39 is 15.9 Å². The van der Waals surface area contributed by atoms with Gasteiger partial charge in [0.05, 0.1) is 16.3 Å². The maximum atomic E-state index is 12.5. The van der Waals surface area contributed by atoms with E-state index in [9.17, 15) is 13.2 Å². The van der Waals surface area contributed by atoms with Crippen LogP contribution in [0.5, 0.6) is 0 Å². The summed E-state index contributed by atoms with van der Waals surface area (Å²) < 4.78 is 26.4. The Labute approximate surface area is 156 Å². The van der Waals surface area contributed by atoms with Crippen molar-refractivity contribution in [3.8, 4) is 0 Å². The number of hydrazine groups is 1. The van der Waals surface area contributed by atoms with Gasteiger partial charge >= 0.3 is 5.91 Å². The van der Waals surface area contributed by atoms with E-state index in [2.05, 4.69) is 22.5 Å². The van der Waals surface area contributed by atoms with E-state index in [1.165, 1.54) is 16.4 Å². The summed E-state index contributed by atoms with van der Waals surface area (Å²) in [6.07, 6.45) is 1.76. The van der Waals surface area contributed by atoms with Gasteiger partial charge in [0.25, 0.3) is 0 Å². The summed E-state index contributed by atoms with van der Waals surface area (Å²) in [4.78, 5) is 12.3. The minimum atomic E-state index is -3.46. The number of carbonyl (C=O) groups is 1. The normalized spacial score (nSPS) is 19.8. The molecule has 9 nitrogen and oxygen atoms in total. The fourth-order valence-corrected chi connectivity index (χ4v) is 4.29. The van der Waals surface area contributed by atoms with Crippen LogP contribution in [-0.2, 0) is 14.8 Å². The Balaban J connectivity index is 1.73. The molecule has 0 atom stereocenters. The highest BCUT2D eigenvalue weighted by Crippen LogP contribution is 2.22. The highest BCUT2D eigenvalue weighted by molar-refractivity contribution is 7.89. The molecule has 1 amide bonds. The maximum absolute atomic E-state index is 12.5. The highest BCUT2D eigenvalue weighted by Gasteiger charge is 2.33. The lowest BCUT2D eigenvalue weighted by Crippen LogP contribution is -2.43. The second-order valence-corrected chi connectivity index (χ2v) is 8.13. The standard InChI is InChI=1S/C15H18N6O3S2/c1-10-13(14(22)21(19-10)15(16)25)18-17-11-4-6-12(7-5-11)26(23,24)20-8-2-3-9-20/h4-7,17,19H,1-3,8-9H2,(H2,16,25)/b18-13+. The number of amides is 1. The second-order valence-electron chi connectivity index (χ2n) is 5.78. The molecule has 4 N–H and O–H groups in total. The molecule has 1 aromatic carbocycles. The third kappa shape index (κ3) is 3.41. The van der Waals surface area contributed by atoms with Crippen LogP contribution in [0.25, 0.3) is 0 Å². The number of benzene rings is 1. The lowest BCUT2D eigenvalue weighted by molar-refractivity contribution is -0.120. The van der Waals surface area contributed by atoms with E-state index in [0.717, 1.165) is 17.9 Å². The van der Waals surface area contributed by atoms with Crippen molar-refractivity contribution in [3.63, 3.8) is 0 Å². The van der Waals surface area contributed by atoms with Gasteiger partial charge in [-0.2, -0.15) is 14.4 Å². The molecule has 1 aromatic rings. The maximum Gasteiger partial charge on any atom is 0.301 e. The zero-order chi connectivity index (χ0) is 18.9. The smallest absolute Gasteiger partial charge is 0.301 e. The Morgan fingerprint density at radius 2 is 1.88 bits per heavy atom. The van der Waals surface area contributed by atoms with Gasteiger partial charge in [0.1, 0.15) is 0 Å². The fraction of sp³-hybridized carbons (Fsp3) is 0.267. The van der Waals surface area contributed by atoms with Gasteiger partial charge in [0.2, 0.25) is 10.0 Å². The van der Waals surface area contributed by atoms with Crippen LogP contribution in [0.15, 0.2) is 46.5 Å². The van der Waals surface area contributed by atoms with Crippen LogP contribution in [0, 0.1) is 0 Å². The predicted octanol–water partition coefficient (Wildman–Crippen LogP) is 0.343. The average Bonchev–Trinajstić information content (AvgIpc) is 3.23. The Hall–Kier alpha value is -2.50. The van der Waals surface area contributed by atoms with Crippen molar-refractivity contribution in [2.45, 2.75) is 17.7 Å². The SMILES string of the molecule is C=C1NN(C(N)=S)C(=O)/C1=N/Nc1ccc(S(=O)(=O)N2CCCC2)cc1. The number of hydrazone groups is 1. The molecule has 138 valence electrons. The van der Waals surface area contributed by atoms with Gasteiger partial charge in [-0.05, 0) is 49.3 Å². The monoisotopic (exact) mass is 394 g/mol. The molecule has 0 unspecified atom stereocenters. The molecule has 26 heavy (non-hydrogen) atoms. The van der Waals surface area contributed by atoms with Crippen molar-refractivity contribution in [1.29, 1.82) is 0 Å². The van der Waals surface area contributed by atoms with Crippen LogP contribution in [0.3, 0.4) is 0 Å². The molecule has 0 saturated carbocycles. The van der Waals surface area contributed by atoms with Crippen LogP contribution in [-0.4, -0.2) is 47.6 Å². The molecule has 0 bridgehead atoms. The number of anilines is 1. The van der Waals surface area contributed by atoms with Gasteiger partial charge < -0.3 is 5.73 Å². The van der Waals surface area contributed by atoms with Crippen molar-refractivity contribution >= 4 is 44.7 Å². The van der Waals surface area contributed by atoms with E-state index in [1.54, 1.807) is 12.1 Å². The zero-order valence-corrected chi connectivity index (χ0v) is 15.4. The van der Waals surface area contributed by atoms with Gasteiger partial charge in [-0.15, -0.1) is 0 Å².